The van der Waals surface area contributed by atoms with Gasteiger partial charge in [-0.25, -0.2) is 8.42 Å². The monoisotopic (exact) mass is 391 g/mol. The summed E-state index contributed by atoms with van der Waals surface area (Å²) in [6.45, 7) is 2.21. The lowest BCUT2D eigenvalue weighted by Crippen LogP contribution is -2.28. The van der Waals surface area contributed by atoms with Crippen LogP contribution in [0.15, 0.2) is 48.5 Å². The molecule has 0 aliphatic carbocycles. The van der Waals surface area contributed by atoms with E-state index in [0.29, 0.717) is 23.7 Å². The van der Waals surface area contributed by atoms with Gasteiger partial charge >= 0.3 is 0 Å². The second-order valence-electron chi connectivity index (χ2n) is 5.68. The molecule has 0 spiro atoms. The molecule has 0 aromatic heterocycles. The molecule has 2 rings (SSSR count). The van der Waals surface area contributed by atoms with E-state index in [-0.39, 0.29) is 18.1 Å². The molecule has 0 unspecified atom stereocenters. The molecule has 9 heteroatoms. The van der Waals surface area contributed by atoms with Crippen LogP contribution in [0, 0.1) is 0 Å². The molecule has 2 aromatic rings. The van der Waals surface area contributed by atoms with Crippen molar-refractivity contribution in [2.45, 2.75) is 6.92 Å². The zero-order valence-electron chi connectivity index (χ0n) is 15.0. The van der Waals surface area contributed by atoms with E-state index >= 15 is 0 Å². The predicted octanol–water partition coefficient (Wildman–Crippen LogP) is 1.83. The van der Waals surface area contributed by atoms with Crippen molar-refractivity contribution in [3.8, 4) is 5.75 Å². The predicted molar refractivity (Wildman–Crippen MR) is 103 cm³/mol. The molecule has 0 aliphatic rings. The highest BCUT2D eigenvalue weighted by molar-refractivity contribution is 7.92. The van der Waals surface area contributed by atoms with Gasteiger partial charge < -0.3 is 15.4 Å². The van der Waals surface area contributed by atoms with E-state index in [1.807, 2.05) is 6.92 Å². The van der Waals surface area contributed by atoms with Gasteiger partial charge in [0.25, 0.3) is 11.8 Å². The van der Waals surface area contributed by atoms with Crippen molar-refractivity contribution in [3.63, 3.8) is 0 Å². The summed E-state index contributed by atoms with van der Waals surface area (Å²) in [4.78, 5) is 23.8. The lowest BCUT2D eigenvalue weighted by Gasteiger charge is -2.10. The molecule has 0 saturated carbocycles. The molecule has 3 N–H and O–H groups in total. The van der Waals surface area contributed by atoms with Gasteiger partial charge in [0.1, 0.15) is 5.75 Å². The maximum absolute atomic E-state index is 12.4. The SMILES string of the molecule is CCNC(=O)COc1cccc(NC(=O)c2cccc(NS(C)(=O)=O)c2)c1. The van der Waals surface area contributed by atoms with Crippen molar-refractivity contribution >= 4 is 33.2 Å². The van der Waals surface area contributed by atoms with Crippen molar-refractivity contribution in [3.05, 3.63) is 54.1 Å². The number of likely N-dealkylation sites (N-methyl/N-ethyl adjacent to an activating group) is 1. The first-order valence-corrected chi connectivity index (χ1v) is 10.0. The first-order chi connectivity index (χ1) is 12.8. The van der Waals surface area contributed by atoms with E-state index in [1.165, 1.54) is 6.07 Å². The molecule has 8 nitrogen and oxygen atoms in total. The number of nitrogens with one attached hydrogen (secondary N) is 3. The summed E-state index contributed by atoms with van der Waals surface area (Å²) in [5, 5.41) is 5.33. The van der Waals surface area contributed by atoms with Crippen molar-refractivity contribution in [1.82, 2.24) is 5.32 Å². The fourth-order valence-corrected chi connectivity index (χ4v) is 2.76. The van der Waals surface area contributed by atoms with Gasteiger partial charge in [-0.15, -0.1) is 0 Å². The van der Waals surface area contributed by atoms with Crippen LogP contribution >= 0.6 is 0 Å². The van der Waals surface area contributed by atoms with Gasteiger partial charge in [-0.05, 0) is 37.3 Å². The van der Waals surface area contributed by atoms with E-state index in [1.54, 1.807) is 42.5 Å². The average molecular weight is 391 g/mol. The number of anilines is 2. The summed E-state index contributed by atoms with van der Waals surface area (Å²) < 4.78 is 30.3. The molecule has 0 heterocycles. The number of amides is 2. The molecule has 0 aliphatic heterocycles. The Kier molecular flexibility index (Phi) is 6.78. The lowest BCUT2D eigenvalue weighted by atomic mass is 10.2. The molecule has 27 heavy (non-hydrogen) atoms. The van der Waals surface area contributed by atoms with Gasteiger partial charge in [0.15, 0.2) is 6.61 Å². The van der Waals surface area contributed by atoms with Gasteiger partial charge in [-0.3, -0.25) is 14.3 Å². The second kappa shape index (κ2) is 9.04. The number of hydrogen-bond donors (Lipinski definition) is 3. The van der Waals surface area contributed by atoms with Crippen LogP contribution in [0.4, 0.5) is 11.4 Å². The summed E-state index contributed by atoms with van der Waals surface area (Å²) in [6.07, 6.45) is 1.03. The van der Waals surface area contributed by atoms with E-state index in [4.69, 9.17) is 4.74 Å². The van der Waals surface area contributed by atoms with Gasteiger partial charge in [0.05, 0.1) is 6.26 Å². The Morgan fingerprint density at radius 3 is 2.44 bits per heavy atom. The molecule has 0 saturated heterocycles. The Bertz CT molecular complexity index is 928. The summed E-state index contributed by atoms with van der Waals surface area (Å²) in [5.41, 5.74) is 1.07. The standard InChI is InChI=1S/C18H21N3O5S/c1-3-19-17(22)12-26-16-9-5-7-14(11-16)20-18(23)13-6-4-8-15(10-13)21-27(2,24)25/h4-11,21H,3,12H2,1-2H3,(H,19,22)(H,20,23). The van der Waals surface area contributed by atoms with Crippen LogP contribution in [0.1, 0.15) is 17.3 Å². The van der Waals surface area contributed by atoms with Crippen LogP contribution in [-0.4, -0.2) is 39.6 Å². The minimum absolute atomic E-state index is 0.121. The largest absolute Gasteiger partial charge is 0.484 e. The Morgan fingerprint density at radius 2 is 1.74 bits per heavy atom. The third kappa shape index (κ3) is 6.98. The Labute approximate surface area is 158 Å². The number of carbonyl (C=O) groups excluding carboxylic acids is 2. The highest BCUT2D eigenvalue weighted by atomic mass is 32.2. The molecule has 0 atom stereocenters. The second-order valence-corrected chi connectivity index (χ2v) is 7.43. The van der Waals surface area contributed by atoms with Crippen molar-refractivity contribution < 1.29 is 22.7 Å². The summed E-state index contributed by atoms with van der Waals surface area (Å²) in [6, 6.07) is 12.8. The normalized spacial score (nSPS) is 10.7. The van der Waals surface area contributed by atoms with Gasteiger partial charge in [0.2, 0.25) is 10.0 Å². The third-order valence-electron chi connectivity index (χ3n) is 3.26. The summed E-state index contributed by atoms with van der Waals surface area (Å²) in [5.74, 6) is -0.207. The maximum Gasteiger partial charge on any atom is 0.257 e. The molecular weight excluding hydrogens is 370 g/mol. The average Bonchev–Trinajstić information content (AvgIpc) is 2.59. The van der Waals surface area contributed by atoms with Crippen LogP contribution in [-0.2, 0) is 14.8 Å². The molecule has 144 valence electrons. The number of rotatable bonds is 8. The van der Waals surface area contributed by atoms with Crippen LogP contribution in [0.25, 0.3) is 0 Å². The Morgan fingerprint density at radius 1 is 1.04 bits per heavy atom. The zero-order chi connectivity index (χ0) is 19.9. The molecule has 2 amide bonds. The van der Waals surface area contributed by atoms with Gasteiger partial charge in [-0.1, -0.05) is 12.1 Å². The quantitative estimate of drug-likeness (QED) is 0.635. The van der Waals surface area contributed by atoms with Gasteiger partial charge in [-0.2, -0.15) is 0 Å². The lowest BCUT2D eigenvalue weighted by molar-refractivity contribution is -0.122. The molecular formula is C18H21N3O5S. The Hall–Kier alpha value is -3.07. The molecule has 0 bridgehead atoms. The van der Waals surface area contributed by atoms with Gasteiger partial charge in [0, 0.05) is 29.5 Å². The van der Waals surface area contributed by atoms with E-state index in [9.17, 15) is 18.0 Å². The third-order valence-corrected chi connectivity index (χ3v) is 3.87. The number of carbonyl (C=O) groups is 2. The van der Waals surface area contributed by atoms with Crippen LogP contribution in [0.2, 0.25) is 0 Å². The first-order valence-electron chi connectivity index (χ1n) is 8.15. The van der Waals surface area contributed by atoms with Crippen molar-refractivity contribution in [1.29, 1.82) is 0 Å². The summed E-state index contributed by atoms with van der Waals surface area (Å²) >= 11 is 0. The number of benzene rings is 2. The summed E-state index contributed by atoms with van der Waals surface area (Å²) in [7, 11) is -3.43. The number of ether oxygens (including phenoxy) is 1. The highest BCUT2D eigenvalue weighted by Crippen LogP contribution is 2.19. The molecule has 0 radical (unpaired) electrons. The minimum atomic E-state index is -3.43. The van der Waals surface area contributed by atoms with E-state index in [2.05, 4.69) is 15.4 Å². The number of hydrogen-bond acceptors (Lipinski definition) is 5. The maximum atomic E-state index is 12.4. The van der Waals surface area contributed by atoms with Crippen molar-refractivity contribution in [2.24, 2.45) is 0 Å². The topological polar surface area (TPSA) is 114 Å². The van der Waals surface area contributed by atoms with Crippen LogP contribution in [0.3, 0.4) is 0 Å². The van der Waals surface area contributed by atoms with Crippen molar-refractivity contribution in [2.75, 3.05) is 29.4 Å². The first kappa shape index (κ1) is 20.2. The van der Waals surface area contributed by atoms with Crippen LogP contribution < -0.4 is 20.1 Å². The smallest absolute Gasteiger partial charge is 0.257 e. The number of sulfonamides is 1. The van der Waals surface area contributed by atoms with Crippen LogP contribution in [0.5, 0.6) is 5.75 Å². The minimum Gasteiger partial charge on any atom is -0.484 e. The Balaban J connectivity index is 2.04. The van der Waals surface area contributed by atoms with E-state index < -0.39 is 15.9 Å². The fourth-order valence-electron chi connectivity index (χ4n) is 2.20. The molecule has 2 aromatic carbocycles. The molecule has 0 fully saturated rings. The fraction of sp³-hybridized carbons (Fsp3) is 0.222. The van der Waals surface area contributed by atoms with E-state index in [0.717, 1.165) is 6.26 Å². The highest BCUT2D eigenvalue weighted by Gasteiger charge is 2.10. The zero-order valence-corrected chi connectivity index (χ0v) is 15.8.